The average Bonchev–Trinajstić information content (AvgIpc) is 2.46. The van der Waals surface area contributed by atoms with Crippen LogP contribution in [0.2, 0.25) is 0 Å². The number of hydrogen-bond donors (Lipinski definition) is 1. The highest BCUT2D eigenvalue weighted by Crippen LogP contribution is 2.33. The quantitative estimate of drug-likeness (QED) is 0.847. The third kappa shape index (κ3) is 2.95. The number of Topliss-reactive ketones (excluding diaryl/α,β-unsaturated/α-hetero) is 1. The third-order valence-corrected chi connectivity index (χ3v) is 3.79. The van der Waals surface area contributed by atoms with Crippen molar-refractivity contribution in [3.05, 3.63) is 29.8 Å². The second kappa shape index (κ2) is 5.87. The van der Waals surface area contributed by atoms with Gasteiger partial charge in [-0.2, -0.15) is 0 Å². The van der Waals surface area contributed by atoms with Crippen LogP contribution in [0.25, 0.3) is 0 Å². The van der Waals surface area contributed by atoms with Gasteiger partial charge >= 0.3 is 5.97 Å². The van der Waals surface area contributed by atoms with Crippen LogP contribution < -0.4 is 4.74 Å². The lowest BCUT2D eigenvalue weighted by molar-refractivity contribution is -0.144. The molecular weight excluding hydrogens is 244 g/mol. The maximum absolute atomic E-state index is 12.4. The molecule has 4 nitrogen and oxygen atoms in total. The van der Waals surface area contributed by atoms with Gasteiger partial charge in [-0.1, -0.05) is 12.8 Å². The van der Waals surface area contributed by atoms with Gasteiger partial charge in [0, 0.05) is 11.5 Å². The lowest BCUT2D eigenvalue weighted by Crippen LogP contribution is -2.32. The van der Waals surface area contributed by atoms with E-state index in [1.807, 2.05) is 0 Å². The Hall–Kier alpha value is -1.84. The van der Waals surface area contributed by atoms with E-state index in [1.54, 1.807) is 31.4 Å². The van der Waals surface area contributed by atoms with Gasteiger partial charge in [0.15, 0.2) is 5.78 Å². The summed E-state index contributed by atoms with van der Waals surface area (Å²) in [6.45, 7) is 0. The van der Waals surface area contributed by atoms with Gasteiger partial charge in [-0.3, -0.25) is 9.59 Å². The highest BCUT2D eigenvalue weighted by atomic mass is 16.5. The number of aliphatic carboxylic acids is 1. The topological polar surface area (TPSA) is 63.6 Å². The maximum Gasteiger partial charge on any atom is 0.307 e. The molecule has 0 radical (unpaired) electrons. The summed E-state index contributed by atoms with van der Waals surface area (Å²) in [6.07, 6.45) is 3.09. The molecule has 1 aliphatic rings. The van der Waals surface area contributed by atoms with Crippen LogP contribution in [0.4, 0.5) is 0 Å². The van der Waals surface area contributed by atoms with Gasteiger partial charge in [0.05, 0.1) is 13.0 Å². The van der Waals surface area contributed by atoms with E-state index in [9.17, 15) is 14.7 Å². The van der Waals surface area contributed by atoms with Crippen molar-refractivity contribution in [1.82, 2.24) is 0 Å². The Labute approximate surface area is 112 Å². The van der Waals surface area contributed by atoms with Gasteiger partial charge in [0.1, 0.15) is 5.75 Å². The number of ketones is 1. The van der Waals surface area contributed by atoms with E-state index in [2.05, 4.69) is 0 Å². The van der Waals surface area contributed by atoms with Crippen LogP contribution in [0.1, 0.15) is 36.0 Å². The number of carbonyl (C=O) groups is 2. The van der Waals surface area contributed by atoms with E-state index in [0.717, 1.165) is 12.8 Å². The van der Waals surface area contributed by atoms with Crippen molar-refractivity contribution in [2.45, 2.75) is 25.7 Å². The molecule has 0 heterocycles. The normalized spacial score (nSPS) is 22.8. The van der Waals surface area contributed by atoms with Gasteiger partial charge in [-0.05, 0) is 37.1 Å². The molecular formula is C15H18O4. The number of hydrogen-bond acceptors (Lipinski definition) is 3. The monoisotopic (exact) mass is 262 g/mol. The second-order valence-electron chi connectivity index (χ2n) is 4.93. The number of rotatable bonds is 4. The first kappa shape index (κ1) is 13.6. The molecule has 4 heteroatoms. The first-order chi connectivity index (χ1) is 9.13. The van der Waals surface area contributed by atoms with Crippen molar-refractivity contribution in [2.24, 2.45) is 11.8 Å². The zero-order valence-electron chi connectivity index (χ0n) is 11.0. The van der Waals surface area contributed by atoms with E-state index in [0.29, 0.717) is 24.2 Å². The molecule has 0 spiro atoms. The summed E-state index contributed by atoms with van der Waals surface area (Å²) >= 11 is 0. The van der Waals surface area contributed by atoms with Gasteiger partial charge in [-0.25, -0.2) is 0 Å². The van der Waals surface area contributed by atoms with Gasteiger partial charge in [-0.15, -0.1) is 0 Å². The van der Waals surface area contributed by atoms with Gasteiger partial charge < -0.3 is 9.84 Å². The Balaban J connectivity index is 2.18. The molecule has 0 aliphatic heterocycles. The zero-order chi connectivity index (χ0) is 13.8. The molecule has 0 aromatic heterocycles. The van der Waals surface area contributed by atoms with E-state index < -0.39 is 11.9 Å². The Bertz CT molecular complexity index is 464. The molecule has 0 amide bonds. The first-order valence-electron chi connectivity index (χ1n) is 6.54. The number of benzene rings is 1. The van der Waals surface area contributed by atoms with Gasteiger partial charge in [0.25, 0.3) is 0 Å². The van der Waals surface area contributed by atoms with E-state index >= 15 is 0 Å². The van der Waals surface area contributed by atoms with Crippen LogP contribution >= 0.6 is 0 Å². The molecule has 1 aromatic carbocycles. The SMILES string of the molecule is COc1ccc(C(=O)[C@H]2CCCC[C@H]2C(=O)O)cc1. The Morgan fingerprint density at radius 3 is 2.21 bits per heavy atom. The molecule has 1 fully saturated rings. The number of methoxy groups -OCH3 is 1. The lowest BCUT2D eigenvalue weighted by Gasteiger charge is -2.27. The predicted octanol–water partition coefficient (Wildman–Crippen LogP) is 2.77. The van der Waals surface area contributed by atoms with E-state index in [-0.39, 0.29) is 11.7 Å². The molecule has 0 bridgehead atoms. The Morgan fingerprint density at radius 2 is 1.68 bits per heavy atom. The van der Waals surface area contributed by atoms with Crippen LogP contribution in [0, 0.1) is 11.8 Å². The van der Waals surface area contributed by atoms with Crippen LogP contribution in [0.5, 0.6) is 5.75 Å². The molecule has 1 N–H and O–H groups in total. The molecule has 0 saturated heterocycles. The van der Waals surface area contributed by atoms with Crippen molar-refractivity contribution in [3.8, 4) is 5.75 Å². The molecule has 0 unspecified atom stereocenters. The van der Waals surface area contributed by atoms with Crippen LogP contribution in [0.15, 0.2) is 24.3 Å². The van der Waals surface area contributed by atoms with E-state index in [4.69, 9.17) is 4.74 Å². The van der Waals surface area contributed by atoms with Crippen molar-refractivity contribution < 1.29 is 19.4 Å². The van der Waals surface area contributed by atoms with Crippen LogP contribution in [-0.2, 0) is 4.79 Å². The van der Waals surface area contributed by atoms with Crippen LogP contribution in [-0.4, -0.2) is 24.0 Å². The fraction of sp³-hybridized carbons (Fsp3) is 0.467. The summed E-state index contributed by atoms with van der Waals surface area (Å²) in [4.78, 5) is 23.6. The minimum absolute atomic E-state index is 0.0604. The van der Waals surface area contributed by atoms with Crippen molar-refractivity contribution in [2.75, 3.05) is 7.11 Å². The molecule has 2 atom stereocenters. The minimum Gasteiger partial charge on any atom is -0.497 e. The molecule has 2 rings (SSSR count). The standard InChI is InChI=1S/C15H18O4/c1-19-11-8-6-10(7-9-11)14(16)12-4-2-3-5-13(12)15(17)18/h6-9,12-13H,2-5H2,1H3,(H,17,18)/t12-,13+/m0/s1. The second-order valence-corrected chi connectivity index (χ2v) is 4.93. The van der Waals surface area contributed by atoms with Crippen molar-refractivity contribution in [3.63, 3.8) is 0 Å². The fourth-order valence-corrected chi connectivity index (χ4v) is 2.71. The predicted molar refractivity (Wildman–Crippen MR) is 70.4 cm³/mol. The molecule has 102 valence electrons. The number of carbonyl (C=O) groups excluding carboxylic acids is 1. The molecule has 1 aromatic rings. The maximum atomic E-state index is 12.4. The number of carboxylic acids is 1. The zero-order valence-corrected chi connectivity index (χ0v) is 11.0. The van der Waals surface area contributed by atoms with Crippen LogP contribution in [0.3, 0.4) is 0 Å². The largest absolute Gasteiger partial charge is 0.497 e. The average molecular weight is 262 g/mol. The van der Waals surface area contributed by atoms with Crippen molar-refractivity contribution >= 4 is 11.8 Å². The summed E-state index contributed by atoms with van der Waals surface area (Å²) in [6, 6.07) is 6.86. The fourth-order valence-electron chi connectivity index (χ4n) is 2.71. The third-order valence-electron chi connectivity index (χ3n) is 3.79. The minimum atomic E-state index is -0.855. The summed E-state index contributed by atoms with van der Waals surface area (Å²) in [5.41, 5.74) is 0.568. The molecule has 1 saturated carbocycles. The highest BCUT2D eigenvalue weighted by molar-refractivity contribution is 6.00. The number of carboxylic acid groups (broad SMARTS) is 1. The van der Waals surface area contributed by atoms with Crippen molar-refractivity contribution in [1.29, 1.82) is 0 Å². The highest BCUT2D eigenvalue weighted by Gasteiger charge is 2.35. The summed E-state index contributed by atoms with van der Waals surface area (Å²) in [5.74, 6) is -1.15. The summed E-state index contributed by atoms with van der Waals surface area (Å²) in [5, 5.41) is 9.21. The summed E-state index contributed by atoms with van der Waals surface area (Å²) in [7, 11) is 1.57. The Morgan fingerprint density at radius 1 is 1.11 bits per heavy atom. The van der Waals surface area contributed by atoms with Gasteiger partial charge in [0.2, 0.25) is 0 Å². The Kier molecular flexibility index (Phi) is 4.20. The van der Waals surface area contributed by atoms with E-state index in [1.165, 1.54) is 0 Å². The molecule has 19 heavy (non-hydrogen) atoms. The first-order valence-corrected chi connectivity index (χ1v) is 6.54. The summed E-state index contributed by atoms with van der Waals surface area (Å²) < 4.78 is 5.05. The number of ether oxygens (including phenoxy) is 1. The lowest BCUT2D eigenvalue weighted by atomic mass is 9.75. The molecule has 1 aliphatic carbocycles. The smallest absolute Gasteiger partial charge is 0.307 e.